The smallest absolute Gasteiger partial charge is 0.246 e. The van der Waals surface area contributed by atoms with Crippen LogP contribution >= 0.6 is 0 Å². The van der Waals surface area contributed by atoms with Crippen molar-refractivity contribution in [2.24, 2.45) is 0 Å². The molecular weight excluding hydrogens is 208 g/mol. The SMILES string of the molecule is CN1C(=O)CCC(NCc2ccoc2)C1=O. The molecule has 2 amide bonds. The lowest BCUT2D eigenvalue weighted by Crippen LogP contribution is -2.51. The van der Waals surface area contributed by atoms with Crippen molar-refractivity contribution in [2.45, 2.75) is 25.4 Å². The number of furan rings is 1. The fraction of sp³-hybridized carbons (Fsp3) is 0.455. The molecule has 1 aromatic heterocycles. The molecule has 5 nitrogen and oxygen atoms in total. The number of likely N-dealkylation sites (N-methyl/N-ethyl adjacent to an activating group) is 1. The van der Waals surface area contributed by atoms with E-state index in [1.807, 2.05) is 6.07 Å². The van der Waals surface area contributed by atoms with Gasteiger partial charge in [-0.1, -0.05) is 0 Å². The van der Waals surface area contributed by atoms with Crippen LogP contribution in [-0.4, -0.2) is 29.8 Å². The van der Waals surface area contributed by atoms with Crippen molar-refractivity contribution in [1.82, 2.24) is 10.2 Å². The minimum Gasteiger partial charge on any atom is -0.472 e. The Balaban J connectivity index is 1.91. The molecule has 1 unspecified atom stereocenters. The summed E-state index contributed by atoms with van der Waals surface area (Å²) in [6.07, 6.45) is 4.22. The van der Waals surface area contributed by atoms with Gasteiger partial charge in [-0.15, -0.1) is 0 Å². The van der Waals surface area contributed by atoms with Crippen LogP contribution in [0.2, 0.25) is 0 Å². The molecule has 1 fully saturated rings. The van der Waals surface area contributed by atoms with Gasteiger partial charge in [-0.25, -0.2) is 0 Å². The number of rotatable bonds is 3. The summed E-state index contributed by atoms with van der Waals surface area (Å²) >= 11 is 0. The number of hydrogen-bond donors (Lipinski definition) is 1. The van der Waals surface area contributed by atoms with Gasteiger partial charge in [0.25, 0.3) is 0 Å². The second kappa shape index (κ2) is 4.49. The van der Waals surface area contributed by atoms with Crippen LogP contribution in [0.3, 0.4) is 0 Å². The molecule has 16 heavy (non-hydrogen) atoms. The van der Waals surface area contributed by atoms with Crippen molar-refractivity contribution in [2.75, 3.05) is 7.05 Å². The standard InChI is InChI=1S/C11H14N2O3/c1-13-10(14)3-2-9(11(13)15)12-6-8-4-5-16-7-8/h4-5,7,9,12H,2-3,6H2,1H3. The van der Waals surface area contributed by atoms with Crippen LogP contribution in [0.15, 0.2) is 23.0 Å². The summed E-state index contributed by atoms with van der Waals surface area (Å²) in [5, 5.41) is 3.12. The Hall–Kier alpha value is -1.62. The van der Waals surface area contributed by atoms with Crippen molar-refractivity contribution in [3.05, 3.63) is 24.2 Å². The Labute approximate surface area is 93.4 Å². The molecule has 1 atom stereocenters. The number of hydrogen-bond acceptors (Lipinski definition) is 4. The third-order valence-electron chi connectivity index (χ3n) is 2.78. The molecule has 0 spiro atoms. The summed E-state index contributed by atoms with van der Waals surface area (Å²) in [4.78, 5) is 24.2. The van der Waals surface area contributed by atoms with Gasteiger partial charge in [0.15, 0.2) is 0 Å². The first-order valence-electron chi connectivity index (χ1n) is 5.23. The number of likely N-dealkylation sites (tertiary alicyclic amines) is 1. The molecule has 1 aliphatic heterocycles. The molecule has 0 radical (unpaired) electrons. The van der Waals surface area contributed by atoms with E-state index in [1.165, 1.54) is 11.9 Å². The quantitative estimate of drug-likeness (QED) is 0.757. The molecule has 0 aliphatic carbocycles. The number of imide groups is 1. The van der Waals surface area contributed by atoms with E-state index in [1.54, 1.807) is 12.5 Å². The van der Waals surface area contributed by atoms with Crippen LogP contribution in [0, 0.1) is 0 Å². The highest BCUT2D eigenvalue weighted by molar-refractivity contribution is 6.00. The molecule has 86 valence electrons. The average Bonchev–Trinajstić information content (AvgIpc) is 2.78. The Morgan fingerprint density at radius 2 is 2.38 bits per heavy atom. The van der Waals surface area contributed by atoms with Gasteiger partial charge in [0, 0.05) is 25.6 Å². The van der Waals surface area contributed by atoms with Gasteiger partial charge < -0.3 is 9.73 Å². The Morgan fingerprint density at radius 3 is 3.06 bits per heavy atom. The maximum Gasteiger partial charge on any atom is 0.246 e. The highest BCUT2D eigenvalue weighted by Crippen LogP contribution is 2.12. The highest BCUT2D eigenvalue weighted by Gasteiger charge is 2.31. The minimum absolute atomic E-state index is 0.105. The zero-order valence-electron chi connectivity index (χ0n) is 9.10. The molecule has 0 bridgehead atoms. The predicted octanol–water partition coefficient (Wildman–Crippen LogP) is 0.517. The van der Waals surface area contributed by atoms with Crippen LogP contribution in [0.5, 0.6) is 0 Å². The van der Waals surface area contributed by atoms with Gasteiger partial charge in [-0.2, -0.15) is 0 Å². The topological polar surface area (TPSA) is 62.6 Å². The molecule has 5 heteroatoms. The predicted molar refractivity (Wildman–Crippen MR) is 56.3 cm³/mol. The van der Waals surface area contributed by atoms with E-state index in [0.717, 1.165) is 5.56 Å². The summed E-state index contributed by atoms with van der Waals surface area (Å²) in [5.74, 6) is -0.258. The Kier molecular flexibility index (Phi) is 3.05. The minimum atomic E-state index is -0.266. The number of piperidine rings is 1. The second-order valence-corrected chi connectivity index (χ2v) is 3.89. The van der Waals surface area contributed by atoms with E-state index in [0.29, 0.717) is 19.4 Å². The van der Waals surface area contributed by atoms with Crippen molar-refractivity contribution < 1.29 is 14.0 Å². The normalized spacial score (nSPS) is 21.6. The molecular formula is C11H14N2O3. The highest BCUT2D eigenvalue weighted by atomic mass is 16.3. The van der Waals surface area contributed by atoms with Gasteiger partial charge in [-0.05, 0) is 12.5 Å². The summed E-state index contributed by atoms with van der Waals surface area (Å²) < 4.78 is 4.93. The van der Waals surface area contributed by atoms with Crippen molar-refractivity contribution >= 4 is 11.8 Å². The van der Waals surface area contributed by atoms with Crippen LogP contribution in [0.4, 0.5) is 0 Å². The van der Waals surface area contributed by atoms with E-state index in [9.17, 15) is 9.59 Å². The van der Waals surface area contributed by atoms with E-state index < -0.39 is 0 Å². The lowest BCUT2D eigenvalue weighted by Gasteiger charge is -2.28. The lowest BCUT2D eigenvalue weighted by atomic mass is 10.0. The molecule has 2 heterocycles. The number of carbonyl (C=O) groups excluding carboxylic acids is 2. The molecule has 1 aromatic rings. The summed E-state index contributed by atoms with van der Waals surface area (Å²) in [5.41, 5.74) is 0.993. The van der Waals surface area contributed by atoms with E-state index in [2.05, 4.69) is 5.32 Å². The van der Waals surface area contributed by atoms with Gasteiger partial charge >= 0.3 is 0 Å². The van der Waals surface area contributed by atoms with Crippen LogP contribution < -0.4 is 5.32 Å². The van der Waals surface area contributed by atoms with E-state index in [4.69, 9.17) is 4.42 Å². The summed E-state index contributed by atoms with van der Waals surface area (Å²) in [7, 11) is 1.52. The zero-order valence-corrected chi connectivity index (χ0v) is 9.10. The zero-order chi connectivity index (χ0) is 11.5. The number of nitrogens with one attached hydrogen (secondary N) is 1. The van der Waals surface area contributed by atoms with Crippen molar-refractivity contribution in [3.8, 4) is 0 Å². The van der Waals surface area contributed by atoms with E-state index >= 15 is 0 Å². The van der Waals surface area contributed by atoms with Gasteiger partial charge in [0.05, 0.1) is 18.6 Å². The van der Waals surface area contributed by atoms with Crippen LogP contribution in [0.1, 0.15) is 18.4 Å². The fourth-order valence-electron chi connectivity index (χ4n) is 1.74. The first-order valence-corrected chi connectivity index (χ1v) is 5.23. The Bertz CT molecular complexity index is 386. The maximum absolute atomic E-state index is 11.7. The summed E-state index contributed by atoms with van der Waals surface area (Å²) in [6.45, 7) is 0.578. The van der Waals surface area contributed by atoms with Gasteiger partial charge in [-0.3, -0.25) is 14.5 Å². The van der Waals surface area contributed by atoms with Crippen molar-refractivity contribution in [1.29, 1.82) is 0 Å². The van der Waals surface area contributed by atoms with E-state index in [-0.39, 0.29) is 17.9 Å². The monoisotopic (exact) mass is 222 g/mol. The van der Waals surface area contributed by atoms with Gasteiger partial charge in [0.1, 0.15) is 0 Å². The van der Waals surface area contributed by atoms with Crippen molar-refractivity contribution in [3.63, 3.8) is 0 Å². The molecule has 1 saturated heterocycles. The number of amides is 2. The van der Waals surface area contributed by atoms with Gasteiger partial charge in [0.2, 0.25) is 11.8 Å². The molecule has 0 aromatic carbocycles. The van der Waals surface area contributed by atoms with Crippen LogP contribution in [-0.2, 0) is 16.1 Å². The molecule has 1 aliphatic rings. The van der Waals surface area contributed by atoms with Crippen LogP contribution in [0.25, 0.3) is 0 Å². The first-order chi connectivity index (χ1) is 7.68. The maximum atomic E-state index is 11.7. The molecule has 2 rings (SSSR count). The third-order valence-corrected chi connectivity index (χ3v) is 2.78. The third kappa shape index (κ3) is 2.14. The molecule has 0 saturated carbocycles. The second-order valence-electron chi connectivity index (χ2n) is 3.89. The Morgan fingerprint density at radius 1 is 1.56 bits per heavy atom. The average molecular weight is 222 g/mol. The largest absolute Gasteiger partial charge is 0.472 e. The lowest BCUT2D eigenvalue weighted by molar-refractivity contribution is -0.148. The fourth-order valence-corrected chi connectivity index (χ4v) is 1.74. The number of carbonyl (C=O) groups is 2. The number of nitrogens with zero attached hydrogens (tertiary/aromatic N) is 1. The summed E-state index contributed by atoms with van der Waals surface area (Å²) in [6, 6.07) is 1.58. The molecule has 1 N–H and O–H groups in total. The first kappa shape index (κ1) is 10.9.